The molecule has 9 nitrogen and oxygen atoms in total. The first-order valence-electron chi connectivity index (χ1n) is 9.57. The van der Waals surface area contributed by atoms with E-state index in [1.165, 1.54) is 6.92 Å². The average Bonchev–Trinajstić information content (AvgIpc) is 2.48. The first-order chi connectivity index (χ1) is 12.7. The molecule has 0 aromatic heterocycles. The van der Waals surface area contributed by atoms with Gasteiger partial charge in [-0.1, -0.05) is 27.7 Å². The molecule has 4 amide bonds. The second-order valence-electron chi connectivity index (χ2n) is 8.69. The Hall–Kier alpha value is -2.32. The van der Waals surface area contributed by atoms with Crippen molar-refractivity contribution in [2.45, 2.75) is 85.9 Å². The molecule has 162 valence electrons. The van der Waals surface area contributed by atoms with Crippen LogP contribution in [-0.4, -0.2) is 41.5 Å². The van der Waals surface area contributed by atoms with Crippen LogP contribution in [0.5, 0.6) is 0 Å². The molecule has 2 atom stereocenters. The summed E-state index contributed by atoms with van der Waals surface area (Å²) in [6.45, 7) is 14.1. The Morgan fingerprint density at radius 3 is 1.64 bits per heavy atom. The highest BCUT2D eigenvalue weighted by Crippen LogP contribution is 2.11. The van der Waals surface area contributed by atoms with Crippen molar-refractivity contribution >= 4 is 23.8 Å². The summed E-state index contributed by atoms with van der Waals surface area (Å²) in [6.07, 6.45) is 0.0570. The minimum Gasteiger partial charge on any atom is -0.444 e. The number of hydrogen-bond donors (Lipinski definition) is 4. The summed E-state index contributed by atoms with van der Waals surface area (Å²) in [5.41, 5.74) is 3.80. The van der Waals surface area contributed by atoms with Crippen molar-refractivity contribution in [3.05, 3.63) is 0 Å². The molecule has 0 heterocycles. The topological polar surface area (TPSA) is 126 Å². The second-order valence-corrected chi connectivity index (χ2v) is 8.69. The Morgan fingerprint density at radius 2 is 1.25 bits per heavy atom. The fourth-order valence-corrected chi connectivity index (χ4v) is 2.36. The Balaban J connectivity index is 5.20. The summed E-state index contributed by atoms with van der Waals surface area (Å²) in [7, 11) is 0. The van der Waals surface area contributed by atoms with E-state index in [4.69, 9.17) is 4.74 Å². The number of carbonyl (C=O) groups excluding carboxylic acids is 4. The lowest BCUT2D eigenvalue weighted by molar-refractivity contribution is -0.132. The van der Waals surface area contributed by atoms with Crippen LogP contribution >= 0.6 is 0 Å². The highest BCUT2D eigenvalue weighted by atomic mass is 16.6. The smallest absolute Gasteiger partial charge is 0.408 e. The summed E-state index contributed by atoms with van der Waals surface area (Å²) in [5.74, 6) is -1.19. The molecule has 0 rings (SSSR count). The molecule has 9 heteroatoms. The van der Waals surface area contributed by atoms with E-state index in [0.717, 1.165) is 0 Å². The third kappa shape index (κ3) is 12.1. The highest BCUT2D eigenvalue weighted by Gasteiger charge is 2.29. The lowest BCUT2D eigenvalue weighted by Crippen LogP contribution is -2.56. The van der Waals surface area contributed by atoms with Gasteiger partial charge in [0.15, 0.2) is 0 Å². The van der Waals surface area contributed by atoms with Crippen molar-refractivity contribution in [3.8, 4) is 0 Å². The van der Waals surface area contributed by atoms with E-state index in [-0.39, 0.29) is 11.8 Å². The van der Waals surface area contributed by atoms with Gasteiger partial charge in [0.2, 0.25) is 11.8 Å². The fourth-order valence-electron chi connectivity index (χ4n) is 2.36. The predicted molar refractivity (Wildman–Crippen MR) is 106 cm³/mol. The van der Waals surface area contributed by atoms with E-state index in [1.54, 1.807) is 20.8 Å². The lowest BCUT2D eigenvalue weighted by Gasteiger charge is -2.26. The molecule has 0 radical (unpaired) electrons. The highest BCUT2D eigenvalue weighted by molar-refractivity contribution is 5.92. The van der Waals surface area contributed by atoms with Gasteiger partial charge in [-0.05, 0) is 45.4 Å². The number of rotatable bonds is 8. The van der Waals surface area contributed by atoms with E-state index in [1.807, 2.05) is 27.7 Å². The Bertz CT molecular complexity index is 555. The van der Waals surface area contributed by atoms with Gasteiger partial charge in [-0.2, -0.15) is 0 Å². The first kappa shape index (κ1) is 25.7. The molecule has 4 N–H and O–H groups in total. The van der Waals surface area contributed by atoms with E-state index < -0.39 is 41.5 Å². The normalized spacial score (nSPS) is 13.5. The van der Waals surface area contributed by atoms with Crippen molar-refractivity contribution in [1.82, 2.24) is 21.5 Å². The molecular formula is C19H36N4O5. The van der Waals surface area contributed by atoms with Crippen molar-refractivity contribution in [2.24, 2.45) is 11.8 Å². The largest absolute Gasteiger partial charge is 0.444 e. The quantitative estimate of drug-likeness (QED) is 0.461. The third-order valence-electron chi connectivity index (χ3n) is 3.42. The molecule has 0 aromatic carbocycles. The van der Waals surface area contributed by atoms with Gasteiger partial charge in [-0.3, -0.25) is 25.2 Å². The maximum Gasteiger partial charge on any atom is 0.408 e. The van der Waals surface area contributed by atoms with Crippen LogP contribution in [0.3, 0.4) is 0 Å². The standard InChI is InChI=1S/C19H36N4O5/c1-11(2)9-14(21-18(27)28-19(6,7)8)16(25)20-15(10-12(3)4)17(26)23-22-13(5)24/h11-12,14-15H,9-10H2,1-8H3,(H,20,25)(H,21,27)(H,22,24)(H,23,26)/t14-,15+/m1/s1. The zero-order valence-corrected chi connectivity index (χ0v) is 18.3. The van der Waals surface area contributed by atoms with Crippen molar-refractivity contribution in [2.75, 3.05) is 0 Å². The van der Waals surface area contributed by atoms with E-state index in [2.05, 4.69) is 21.5 Å². The molecule has 0 saturated carbocycles. The van der Waals surface area contributed by atoms with Gasteiger partial charge >= 0.3 is 6.09 Å². The second kappa shape index (κ2) is 11.5. The van der Waals surface area contributed by atoms with Crippen LogP contribution in [-0.2, 0) is 19.1 Å². The number of nitrogens with one attached hydrogen (secondary N) is 4. The van der Waals surface area contributed by atoms with Crippen molar-refractivity contribution in [1.29, 1.82) is 0 Å². The maximum absolute atomic E-state index is 12.8. The average molecular weight is 401 g/mol. The molecule has 0 spiro atoms. The number of alkyl carbamates (subject to hydrolysis) is 1. The predicted octanol–water partition coefficient (Wildman–Crippen LogP) is 1.62. The number of carbonyl (C=O) groups is 4. The van der Waals surface area contributed by atoms with E-state index >= 15 is 0 Å². The Morgan fingerprint density at radius 1 is 0.786 bits per heavy atom. The van der Waals surface area contributed by atoms with E-state index in [0.29, 0.717) is 12.8 Å². The van der Waals surface area contributed by atoms with Crippen molar-refractivity contribution < 1.29 is 23.9 Å². The van der Waals surface area contributed by atoms with Gasteiger partial charge < -0.3 is 15.4 Å². The third-order valence-corrected chi connectivity index (χ3v) is 3.42. The molecule has 0 bridgehead atoms. The molecular weight excluding hydrogens is 364 g/mol. The first-order valence-corrected chi connectivity index (χ1v) is 9.57. The Labute approximate surface area is 167 Å². The lowest BCUT2D eigenvalue weighted by atomic mass is 10.0. The number of amides is 4. The molecule has 28 heavy (non-hydrogen) atoms. The Kier molecular flexibility index (Phi) is 10.6. The summed E-state index contributed by atoms with van der Waals surface area (Å²) >= 11 is 0. The summed E-state index contributed by atoms with van der Waals surface area (Å²) in [6, 6.07) is -1.70. The van der Waals surface area contributed by atoms with Crippen LogP contribution < -0.4 is 21.5 Å². The molecule has 0 aliphatic heterocycles. The summed E-state index contributed by atoms with van der Waals surface area (Å²) in [5, 5.41) is 5.25. The number of hydrazine groups is 1. The minimum absolute atomic E-state index is 0.121. The van der Waals surface area contributed by atoms with Crippen LogP contribution in [0.2, 0.25) is 0 Å². The van der Waals surface area contributed by atoms with Gasteiger partial charge in [0.25, 0.3) is 5.91 Å². The van der Waals surface area contributed by atoms with Crippen LogP contribution in [0.4, 0.5) is 4.79 Å². The molecule has 0 unspecified atom stereocenters. The van der Waals surface area contributed by atoms with Gasteiger partial charge in [0.05, 0.1) is 0 Å². The SMILES string of the molecule is CC(=O)NNC(=O)[C@H](CC(C)C)NC(=O)[C@@H](CC(C)C)NC(=O)OC(C)(C)C. The van der Waals surface area contributed by atoms with Gasteiger partial charge in [-0.15, -0.1) is 0 Å². The molecule has 0 fully saturated rings. The number of hydrogen-bond acceptors (Lipinski definition) is 5. The summed E-state index contributed by atoms with van der Waals surface area (Å²) < 4.78 is 5.23. The van der Waals surface area contributed by atoms with Gasteiger partial charge in [0.1, 0.15) is 17.7 Å². The van der Waals surface area contributed by atoms with Gasteiger partial charge in [0, 0.05) is 6.92 Å². The van der Waals surface area contributed by atoms with Crippen LogP contribution in [0.15, 0.2) is 0 Å². The van der Waals surface area contributed by atoms with Crippen molar-refractivity contribution in [3.63, 3.8) is 0 Å². The molecule has 0 aliphatic carbocycles. The van der Waals surface area contributed by atoms with E-state index in [9.17, 15) is 19.2 Å². The summed E-state index contributed by atoms with van der Waals surface area (Å²) in [4.78, 5) is 48.2. The van der Waals surface area contributed by atoms with Crippen LogP contribution in [0, 0.1) is 11.8 Å². The van der Waals surface area contributed by atoms with Gasteiger partial charge in [-0.25, -0.2) is 4.79 Å². The molecule has 0 aromatic rings. The van der Waals surface area contributed by atoms with Crippen LogP contribution in [0.1, 0.15) is 68.2 Å². The maximum atomic E-state index is 12.8. The minimum atomic E-state index is -0.852. The monoisotopic (exact) mass is 400 g/mol. The zero-order chi connectivity index (χ0) is 22.1. The van der Waals surface area contributed by atoms with Crippen LogP contribution in [0.25, 0.3) is 0 Å². The zero-order valence-electron chi connectivity index (χ0n) is 18.3. The number of ether oxygens (including phenoxy) is 1. The molecule has 0 aliphatic rings. The molecule has 0 saturated heterocycles. The fraction of sp³-hybridized carbons (Fsp3) is 0.789.